The molecule has 1 heterocycles. The number of piperidine rings is 1. The molecule has 1 saturated heterocycles. The van der Waals surface area contributed by atoms with Crippen molar-refractivity contribution in [3.05, 3.63) is 0 Å². The maximum Gasteiger partial charge on any atom is 0.0193 e. The monoisotopic (exact) mass is 151 g/mol. The van der Waals surface area contributed by atoms with Gasteiger partial charge in [0.05, 0.1) is 0 Å². The topological polar surface area (TPSA) is 3.24 Å². The largest absolute Gasteiger partial charge is 0.299 e. The van der Waals surface area contributed by atoms with E-state index in [1.165, 1.54) is 19.5 Å². The fourth-order valence-electron chi connectivity index (χ4n) is 3.40. The predicted molar refractivity (Wildman–Crippen MR) is 45.4 cm³/mol. The molecule has 3 aliphatic rings. The number of nitrogens with zero attached hydrogens (tertiary/aromatic N) is 1. The maximum absolute atomic E-state index is 2.72. The van der Waals surface area contributed by atoms with Crippen LogP contribution in [0.25, 0.3) is 0 Å². The smallest absolute Gasteiger partial charge is 0.0193 e. The van der Waals surface area contributed by atoms with E-state index < -0.39 is 0 Å². The Kier molecular flexibility index (Phi) is 1.07. The Hall–Kier alpha value is -0.0400. The molecule has 0 aromatic carbocycles. The van der Waals surface area contributed by atoms with Gasteiger partial charge in [0.15, 0.2) is 0 Å². The van der Waals surface area contributed by atoms with E-state index in [-0.39, 0.29) is 0 Å². The molecule has 3 rings (SSSR count). The summed E-state index contributed by atoms with van der Waals surface area (Å²) in [5, 5.41) is 0. The van der Waals surface area contributed by atoms with Crippen molar-refractivity contribution in [1.82, 2.24) is 4.90 Å². The van der Waals surface area contributed by atoms with E-state index in [0.717, 1.165) is 17.4 Å². The first-order valence-electron chi connectivity index (χ1n) is 5.10. The number of likely N-dealkylation sites (tertiary alicyclic amines) is 1. The average Bonchev–Trinajstić information content (AvgIpc) is 2.67. The van der Waals surface area contributed by atoms with Crippen LogP contribution in [0.3, 0.4) is 0 Å². The fraction of sp³-hybridized carbons (Fsp3) is 1.00. The molecule has 3 fully saturated rings. The molecule has 0 N–H and O–H groups in total. The molecule has 1 spiro atoms. The second-order valence-corrected chi connectivity index (χ2v) is 4.77. The summed E-state index contributed by atoms with van der Waals surface area (Å²) in [4.78, 5) is 2.72. The van der Waals surface area contributed by atoms with E-state index in [1.54, 1.807) is 19.3 Å². The standard InChI is InChI=1S/C10H17N/c1-2-5-11-7-8-6-10(3-4-10)9(8)11/h8-9H,2-7H2,1H3/t8?,9-/m1/s1. The quantitative estimate of drug-likeness (QED) is 0.582. The zero-order valence-corrected chi connectivity index (χ0v) is 7.34. The number of hydrogen-bond acceptors (Lipinski definition) is 1. The molecule has 1 nitrogen and oxygen atoms in total. The maximum atomic E-state index is 2.72. The van der Waals surface area contributed by atoms with Crippen molar-refractivity contribution in [3.63, 3.8) is 0 Å². The van der Waals surface area contributed by atoms with E-state index >= 15 is 0 Å². The third-order valence-electron chi connectivity index (χ3n) is 4.01. The third-order valence-corrected chi connectivity index (χ3v) is 4.01. The van der Waals surface area contributed by atoms with Gasteiger partial charge in [-0.3, -0.25) is 4.90 Å². The SMILES string of the molecule is CCCN1CC2CC3(CC3)[C@@H]21. The van der Waals surface area contributed by atoms with Crippen LogP contribution in [0.2, 0.25) is 0 Å². The first kappa shape index (κ1) is 6.47. The average molecular weight is 151 g/mol. The molecule has 2 atom stereocenters. The van der Waals surface area contributed by atoms with Crippen molar-refractivity contribution in [3.8, 4) is 0 Å². The van der Waals surface area contributed by atoms with Crippen molar-refractivity contribution in [2.24, 2.45) is 11.3 Å². The molecular weight excluding hydrogens is 134 g/mol. The lowest BCUT2D eigenvalue weighted by molar-refractivity contribution is -0.124. The van der Waals surface area contributed by atoms with Gasteiger partial charge in [-0.05, 0) is 43.6 Å². The molecule has 2 aliphatic carbocycles. The highest BCUT2D eigenvalue weighted by molar-refractivity contribution is 5.20. The Balaban J connectivity index is 1.66. The minimum absolute atomic E-state index is 0.887. The van der Waals surface area contributed by atoms with Crippen LogP contribution >= 0.6 is 0 Å². The summed E-state index contributed by atoms with van der Waals surface area (Å²) in [6.45, 7) is 5.09. The fourth-order valence-corrected chi connectivity index (χ4v) is 3.40. The van der Waals surface area contributed by atoms with E-state index in [4.69, 9.17) is 0 Å². The van der Waals surface area contributed by atoms with Gasteiger partial charge in [0.25, 0.3) is 0 Å². The van der Waals surface area contributed by atoms with Gasteiger partial charge >= 0.3 is 0 Å². The summed E-state index contributed by atoms with van der Waals surface area (Å²) >= 11 is 0. The lowest BCUT2D eigenvalue weighted by atomic mass is 9.60. The molecular formula is C10H17N. The van der Waals surface area contributed by atoms with Gasteiger partial charge in [-0.1, -0.05) is 6.92 Å². The van der Waals surface area contributed by atoms with Crippen molar-refractivity contribution in [2.75, 3.05) is 13.1 Å². The van der Waals surface area contributed by atoms with Crippen molar-refractivity contribution < 1.29 is 0 Å². The Morgan fingerprint density at radius 1 is 1.45 bits per heavy atom. The lowest BCUT2D eigenvalue weighted by Gasteiger charge is -2.62. The normalized spacial score (nSPS) is 44.5. The van der Waals surface area contributed by atoms with Gasteiger partial charge in [0.2, 0.25) is 0 Å². The highest BCUT2D eigenvalue weighted by Gasteiger charge is 2.67. The van der Waals surface area contributed by atoms with Crippen LogP contribution in [-0.2, 0) is 0 Å². The van der Waals surface area contributed by atoms with Crippen LogP contribution in [0.4, 0.5) is 0 Å². The molecule has 0 amide bonds. The Bertz CT molecular complexity index is 181. The second-order valence-electron chi connectivity index (χ2n) is 4.77. The summed E-state index contributed by atoms with van der Waals surface area (Å²) < 4.78 is 0. The van der Waals surface area contributed by atoms with Crippen LogP contribution < -0.4 is 0 Å². The Labute approximate surface area is 68.8 Å². The summed E-state index contributed by atoms with van der Waals surface area (Å²) in [7, 11) is 0. The third kappa shape index (κ3) is 0.658. The summed E-state index contributed by atoms with van der Waals surface area (Å²) in [5.74, 6) is 1.13. The van der Waals surface area contributed by atoms with Gasteiger partial charge in [-0.25, -0.2) is 0 Å². The van der Waals surface area contributed by atoms with Gasteiger partial charge < -0.3 is 0 Å². The molecule has 62 valence electrons. The van der Waals surface area contributed by atoms with Gasteiger partial charge in [0.1, 0.15) is 0 Å². The minimum Gasteiger partial charge on any atom is -0.299 e. The highest BCUT2D eigenvalue weighted by atomic mass is 15.3. The van der Waals surface area contributed by atoms with Crippen LogP contribution in [0.5, 0.6) is 0 Å². The zero-order valence-electron chi connectivity index (χ0n) is 7.34. The molecule has 0 aromatic rings. The van der Waals surface area contributed by atoms with Crippen molar-refractivity contribution >= 4 is 0 Å². The van der Waals surface area contributed by atoms with Crippen molar-refractivity contribution in [1.29, 1.82) is 0 Å². The Morgan fingerprint density at radius 3 is 2.82 bits per heavy atom. The molecule has 0 bridgehead atoms. The zero-order chi connectivity index (χ0) is 7.47. The van der Waals surface area contributed by atoms with E-state index in [0.29, 0.717) is 0 Å². The van der Waals surface area contributed by atoms with Crippen LogP contribution in [0, 0.1) is 11.3 Å². The molecule has 1 heteroatoms. The number of hydrogen-bond donors (Lipinski definition) is 0. The van der Waals surface area contributed by atoms with Crippen LogP contribution in [-0.4, -0.2) is 24.0 Å². The molecule has 0 radical (unpaired) electrons. The number of fused-ring (bicyclic) bond motifs is 2. The first-order chi connectivity index (χ1) is 5.36. The molecule has 1 aliphatic heterocycles. The molecule has 0 aromatic heterocycles. The Morgan fingerprint density at radius 2 is 2.27 bits per heavy atom. The second kappa shape index (κ2) is 1.82. The minimum atomic E-state index is 0.887. The van der Waals surface area contributed by atoms with Crippen molar-refractivity contribution in [2.45, 2.75) is 38.6 Å². The van der Waals surface area contributed by atoms with E-state index in [9.17, 15) is 0 Å². The van der Waals surface area contributed by atoms with Gasteiger partial charge in [-0.2, -0.15) is 0 Å². The van der Waals surface area contributed by atoms with Gasteiger partial charge in [0, 0.05) is 12.6 Å². The first-order valence-corrected chi connectivity index (χ1v) is 5.10. The van der Waals surface area contributed by atoms with Crippen LogP contribution in [0.1, 0.15) is 32.6 Å². The lowest BCUT2D eigenvalue weighted by Crippen LogP contribution is -2.68. The summed E-state index contributed by atoms with van der Waals surface area (Å²) in [6.07, 6.45) is 6.03. The summed E-state index contributed by atoms with van der Waals surface area (Å²) in [6, 6.07) is 1.06. The summed E-state index contributed by atoms with van der Waals surface area (Å²) in [5.41, 5.74) is 0.887. The molecule has 1 unspecified atom stereocenters. The van der Waals surface area contributed by atoms with Crippen LogP contribution in [0.15, 0.2) is 0 Å². The highest BCUT2D eigenvalue weighted by Crippen LogP contribution is 2.68. The van der Waals surface area contributed by atoms with E-state index in [2.05, 4.69) is 11.8 Å². The number of rotatable bonds is 2. The molecule has 2 saturated carbocycles. The van der Waals surface area contributed by atoms with Gasteiger partial charge in [-0.15, -0.1) is 0 Å². The van der Waals surface area contributed by atoms with E-state index in [1.807, 2.05) is 0 Å². The molecule has 11 heavy (non-hydrogen) atoms. The predicted octanol–water partition coefficient (Wildman–Crippen LogP) is 1.88.